The van der Waals surface area contributed by atoms with Crippen LogP contribution in [0.1, 0.15) is 28.7 Å². The molecule has 0 saturated heterocycles. The molecule has 0 unspecified atom stereocenters. The van der Waals surface area contributed by atoms with E-state index in [1.807, 2.05) is 13.8 Å². The summed E-state index contributed by atoms with van der Waals surface area (Å²) in [4.78, 5) is 16.0. The van der Waals surface area contributed by atoms with Crippen molar-refractivity contribution in [1.29, 1.82) is 0 Å². The van der Waals surface area contributed by atoms with Crippen molar-refractivity contribution in [2.45, 2.75) is 20.4 Å². The quantitative estimate of drug-likeness (QED) is 0.856. The number of nitrogens with one attached hydrogen (secondary N) is 2. The van der Waals surface area contributed by atoms with Gasteiger partial charge < -0.3 is 15.2 Å². The van der Waals surface area contributed by atoms with E-state index in [9.17, 15) is 4.79 Å². The third-order valence-electron chi connectivity index (χ3n) is 2.53. The Morgan fingerprint density at radius 1 is 1.47 bits per heavy atom. The summed E-state index contributed by atoms with van der Waals surface area (Å²) in [5, 5.41) is 9.66. The maximum atomic E-state index is 12.1. The van der Waals surface area contributed by atoms with Gasteiger partial charge in [-0.3, -0.25) is 9.78 Å². The van der Waals surface area contributed by atoms with Crippen LogP contribution in [-0.2, 0) is 6.54 Å². The van der Waals surface area contributed by atoms with Gasteiger partial charge in [0.05, 0.1) is 23.5 Å². The Morgan fingerprint density at radius 2 is 2.32 bits per heavy atom. The molecule has 0 aromatic carbocycles. The summed E-state index contributed by atoms with van der Waals surface area (Å²) in [6, 6.07) is 3.56. The molecule has 0 atom stereocenters. The maximum Gasteiger partial charge on any atom is 0.255 e. The predicted octanol–water partition coefficient (Wildman–Crippen LogP) is 1.74. The molecule has 0 aliphatic heterocycles. The first-order valence-corrected chi connectivity index (χ1v) is 6.09. The average molecular weight is 260 g/mol. The Balaban J connectivity index is 2.03. The predicted molar refractivity (Wildman–Crippen MR) is 70.8 cm³/mol. The van der Waals surface area contributed by atoms with E-state index in [1.54, 1.807) is 24.5 Å². The lowest BCUT2D eigenvalue weighted by atomic mass is 10.2. The SMILES string of the molecule is CCNc1ccncc1C(=O)NCc1cc(C)no1. The Bertz CT molecular complexity index is 565. The number of carbonyl (C=O) groups excluding carboxylic acids is 1. The molecule has 6 nitrogen and oxygen atoms in total. The van der Waals surface area contributed by atoms with Crippen LogP contribution in [-0.4, -0.2) is 22.6 Å². The first-order valence-electron chi connectivity index (χ1n) is 6.09. The van der Waals surface area contributed by atoms with Gasteiger partial charge in [0.1, 0.15) is 0 Å². The molecule has 0 saturated carbocycles. The monoisotopic (exact) mass is 260 g/mol. The summed E-state index contributed by atoms with van der Waals surface area (Å²) in [5.74, 6) is 0.429. The molecule has 2 N–H and O–H groups in total. The molecule has 0 aliphatic carbocycles. The van der Waals surface area contributed by atoms with Crippen molar-refractivity contribution in [2.24, 2.45) is 0 Å². The largest absolute Gasteiger partial charge is 0.385 e. The minimum atomic E-state index is -0.196. The van der Waals surface area contributed by atoms with Crippen molar-refractivity contribution in [2.75, 3.05) is 11.9 Å². The summed E-state index contributed by atoms with van der Waals surface area (Å²) in [6.07, 6.45) is 3.19. The second-order valence-corrected chi connectivity index (χ2v) is 4.07. The van der Waals surface area contributed by atoms with Crippen molar-refractivity contribution < 1.29 is 9.32 Å². The zero-order valence-corrected chi connectivity index (χ0v) is 10.9. The number of anilines is 1. The van der Waals surface area contributed by atoms with Crippen molar-refractivity contribution in [3.63, 3.8) is 0 Å². The van der Waals surface area contributed by atoms with Crippen LogP contribution in [0, 0.1) is 6.92 Å². The van der Waals surface area contributed by atoms with Crippen molar-refractivity contribution in [3.05, 3.63) is 41.5 Å². The number of rotatable bonds is 5. The highest BCUT2D eigenvalue weighted by molar-refractivity contribution is 5.99. The van der Waals surface area contributed by atoms with Gasteiger partial charge in [0.2, 0.25) is 0 Å². The molecular formula is C13H16N4O2. The minimum absolute atomic E-state index is 0.196. The molecule has 2 aromatic heterocycles. The number of carbonyl (C=O) groups is 1. The van der Waals surface area contributed by atoms with Gasteiger partial charge in [0.15, 0.2) is 5.76 Å². The van der Waals surface area contributed by atoms with Crippen LogP contribution in [0.2, 0.25) is 0 Å². The van der Waals surface area contributed by atoms with Crippen LogP contribution in [0.5, 0.6) is 0 Å². The molecule has 6 heteroatoms. The number of hydrogen-bond acceptors (Lipinski definition) is 5. The molecule has 19 heavy (non-hydrogen) atoms. The molecule has 0 spiro atoms. The third-order valence-corrected chi connectivity index (χ3v) is 2.53. The summed E-state index contributed by atoms with van der Waals surface area (Å²) in [5.41, 5.74) is 2.07. The van der Waals surface area contributed by atoms with E-state index in [2.05, 4.69) is 20.8 Å². The summed E-state index contributed by atoms with van der Waals surface area (Å²) in [6.45, 7) is 4.85. The van der Waals surface area contributed by atoms with Gasteiger partial charge in [-0.05, 0) is 19.9 Å². The van der Waals surface area contributed by atoms with E-state index >= 15 is 0 Å². The van der Waals surface area contributed by atoms with Gasteiger partial charge in [-0.2, -0.15) is 0 Å². The first-order chi connectivity index (χ1) is 9.20. The highest BCUT2D eigenvalue weighted by Crippen LogP contribution is 2.13. The second-order valence-electron chi connectivity index (χ2n) is 4.07. The van der Waals surface area contributed by atoms with Crippen molar-refractivity contribution >= 4 is 11.6 Å². The minimum Gasteiger partial charge on any atom is -0.385 e. The van der Waals surface area contributed by atoms with Crippen molar-refractivity contribution in [3.8, 4) is 0 Å². The summed E-state index contributed by atoms with van der Waals surface area (Å²) < 4.78 is 5.03. The molecule has 0 radical (unpaired) electrons. The molecule has 0 aliphatic rings. The lowest BCUT2D eigenvalue weighted by Gasteiger charge is -2.09. The van der Waals surface area contributed by atoms with Gasteiger partial charge in [-0.25, -0.2) is 0 Å². The molecular weight excluding hydrogens is 244 g/mol. The van der Waals surface area contributed by atoms with Gasteiger partial charge in [0, 0.05) is 25.0 Å². The van der Waals surface area contributed by atoms with Gasteiger partial charge >= 0.3 is 0 Å². The van der Waals surface area contributed by atoms with Gasteiger partial charge in [-0.1, -0.05) is 5.16 Å². The fraction of sp³-hybridized carbons (Fsp3) is 0.308. The fourth-order valence-corrected chi connectivity index (χ4v) is 1.68. The zero-order valence-electron chi connectivity index (χ0n) is 10.9. The molecule has 2 rings (SSSR count). The number of hydrogen-bond donors (Lipinski definition) is 2. The van der Waals surface area contributed by atoms with Crippen LogP contribution < -0.4 is 10.6 Å². The van der Waals surface area contributed by atoms with Crippen LogP contribution in [0.25, 0.3) is 0 Å². The van der Waals surface area contributed by atoms with Crippen LogP contribution in [0.4, 0.5) is 5.69 Å². The summed E-state index contributed by atoms with van der Waals surface area (Å²) in [7, 11) is 0. The molecule has 0 bridgehead atoms. The van der Waals surface area contributed by atoms with E-state index in [-0.39, 0.29) is 5.91 Å². The van der Waals surface area contributed by atoms with Gasteiger partial charge in [0.25, 0.3) is 5.91 Å². The Morgan fingerprint density at radius 3 is 3.00 bits per heavy atom. The van der Waals surface area contributed by atoms with E-state index in [0.717, 1.165) is 17.9 Å². The number of amides is 1. The highest BCUT2D eigenvalue weighted by Gasteiger charge is 2.11. The van der Waals surface area contributed by atoms with E-state index < -0.39 is 0 Å². The Labute approximate surface area is 111 Å². The maximum absolute atomic E-state index is 12.1. The lowest BCUT2D eigenvalue weighted by Crippen LogP contribution is -2.24. The average Bonchev–Trinajstić information content (AvgIpc) is 2.83. The second kappa shape index (κ2) is 5.99. The molecule has 0 fully saturated rings. The third kappa shape index (κ3) is 3.31. The standard InChI is InChI=1S/C13H16N4O2/c1-3-15-12-4-5-14-8-11(12)13(18)16-7-10-6-9(2)17-19-10/h4-6,8H,3,7H2,1-2H3,(H,14,15)(H,16,18). The van der Waals surface area contributed by atoms with Crippen LogP contribution in [0.15, 0.2) is 29.0 Å². The Kier molecular flexibility index (Phi) is 4.12. The topological polar surface area (TPSA) is 80.0 Å². The Hall–Kier alpha value is -2.37. The number of nitrogens with zero attached hydrogens (tertiary/aromatic N) is 2. The van der Waals surface area contributed by atoms with E-state index in [1.165, 1.54) is 0 Å². The van der Waals surface area contributed by atoms with Crippen LogP contribution >= 0.6 is 0 Å². The van der Waals surface area contributed by atoms with Crippen LogP contribution in [0.3, 0.4) is 0 Å². The molecule has 1 amide bonds. The molecule has 2 heterocycles. The smallest absolute Gasteiger partial charge is 0.255 e. The first kappa shape index (κ1) is 13.1. The fourth-order valence-electron chi connectivity index (χ4n) is 1.68. The highest BCUT2D eigenvalue weighted by atomic mass is 16.5. The number of aryl methyl sites for hydroxylation is 1. The zero-order chi connectivity index (χ0) is 13.7. The van der Waals surface area contributed by atoms with E-state index in [4.69, 9.17) is 4.52 Å². The molecule has 2 aromatic rings. The lowest BCUT2D eigenvalue weighted by molar-refractivity contribution is 0.0947. The molecule has 100 valence electrons. The van der Waals surface area contributed by atoms with Gasteiger partial charge in [-0.15, -0.1) is 0 Å². The number of pyridine rings is 1. The normalized spacial score (nSPS) is 10.2. The van der Waals surface area contributed by atoms with E-state index in [0.29, 0.717) is 17.9 Å². The van der Waals surface area contributed by atoms with Crippen molar-refractivity contribution in [1.82, 2.24) is 15.5 Å². The number of aromatic nitrogens is 2. The summed E-state index contributed by atoms with van der Waals surface area (Å²) >= 11 is 0.